The number of alkyl halides is 1. The summed E-state index contributed by atoms with van der Waals surface area (Å²) in [6.07, 6.45) is 3.71. The van der Waals surface area contributed by atoms with Crippen LogP contribution in [0.3, 0.4) is 0 Å². The highest BCUT2D eigenvalue weighted by Gasteiger charge is 2.13. The van der Waals surface area contributed by atoms with E-state index in [2.05, 4.69) is 10.3 Å². The number of carbonyl (C=O) groups is 1. The van der Waals surface area contributed by atoms with Crippen molar-refractivity contribution in [3.05, 3.63) is 29.0 Å². The number of hydrogen-bond donors (Lipinski definition) is 1. The molecule has 0 aliphatic heterocycles. The van der Waals surface area contributed by atoms with Crippen molar-refractivity contribution in [2.75, 3.05) is 0 Å². The minimum atomic E-state index is -0.197. The minimum absolute atomic E-state index is 0.0178. The van der Waals surface area contributed by atoms with Gasteiger partial charge in [-0.25, -0.2) is 0 Å². The third kappa shape index (κ3) is 3.99. The van der Waals surface area contributed by atoms with E-state index >= 15 is 0 Å². The highest BCUT2D eigenvalue weighted by Crippen LogP contribution is 2.13. The van der Waals surface area contributed by atoms with Crippen molar-refractivity contribution in [1.82, 2.24) is 10.3 Å². The third-order valence-corrected chi connectivity index (χ3v) is 2.55. The van der Waals surface area contributed by atoms with Crippen LogP contribution in [0.4, 0.5) is 0 Å². The van der Waals surface area contributed by atoms with Crippen molar-refractivity contribution in [3.63, 3.8) is 0 Å². The lowest BCUT2D eigenvalue weighted by Gasteiger charge is -2.15. The molecule has 0 bridgehead atoms. The van der Waals surface area contributed by atoms with Crippen LogP contribution in [0.5, 0.6) is 0 Å². The molecule has 2 atom stereocenters. The van der Waals surface area contributed by atoms with Crippen LogP contribution >= 0.6 is 23.2 Å². The van der Waals surface area contributed by atoms with Gasteiger partial charge in [-0.15, -0.1) is 11.6 Å². The van der Waals surface area contributed by atoms with E-state index in [9.17, 15) is 4.79 Å². The molecule has 0 spiro atoms. The van der Waals surface area contributed by atoms with Gasteiger partial charge in [0, 0.05) is 23.8 Å². The first-order valence-corrected chi connectivity index (χ1v) is 5.86. The van der Waals surface area contributed by atoms with Gasteiger partial charge in [-0.2, -0.15) is 0 Å². The SMILES string of the molecule is CC(Cl)CC(C)NC(=O)c1ccncc1Cl. The highest BCUT2D eigenvalue weighted by atomic mass is 35.5. The molecule has 0 fully saturated rings. The van der Waals surface area contributed by atoms with Crippen molar-refractivity contribution in [2.24, 2.45) is 0 Å². The first kappa shape index (κ1) is 13.3. The Balaban J connectivity index is 2.63. The molecule has 1 N–H and O–H groups in total. The van der Waals surface area contributed by atoms with Gasteiger partial charge < -0.3 is 5.32 Å². The second-order valence-electron chi connectivity index (χ2n) is 3.75. The van der Waals surface area contributed by atoms with Crippen LogP contribution in [0.15, 0.2) is 18.5 Å². The number of rotatable bonds is 4. The molecule has 2 unspecified atom stereocenters. The summed E-state index contributed by atoms with van der Waals surface area (Å²) in [5, 5.41) is 3.22. The van der Waals surface area contributed by atoms with Gasteiger partial charge in [0.2, 0.25) is 0 Å². The fourth-order valence-corrected chi connectivity index (χ4v) is 1.88. The Kier molecular flexibility index (Phi) is 5.03. The van der Waals surface area contributed by atoms with Crippen LogP contribution < -0.4 is 5.32 Å². The van der Waals surface area contributed by atoms with E-state index in [1.54, 1.807) is 6.07 Å². The van der Waals surface area contributed by atoms with Gasteiger partial charge in [0.05, 0.1) is 10.6 Å². The number of amides is 1. The molecule has 3 nitrogen and oxygen atoms in total. The first-order chi connectivity index (χ1) is 7.50. The summed E-state index contributed by atoms with van der Waals surface area (Å²) < 4.78 is 0. The Morgan fingerprint density at radius 3 is 2.81 bits per heavy atom. The molecule has 0 radical (unpaired) electrons. The quantitative estimate of drug-likeness (QED) is 0.847. The lowest BCUT2D eigenvalue weighted by atomic mass is 10.1. The molecule has 0 saturated heterocycles. The number of hydrogen-bond acceptors (Lipinski definition) is 2. The van der Waals surface area contributed by atoms with E-state index in [0.29, 0.717) is 10.6 Å². The Morgan fingerprint density at radius 2 is 2.25 bits per heavy atom. The molecule has 1 rings (SSSR count). The lowest BCUT2D eigenvalue weighted by molar-refractivity contribution is 0.0938. The monoisotopic (exact) mass is 260 g/mol. The number of pyridine rings is 1. The molecule has 0 aromatic carbocycles. The fraction of sp³-hybridized carbons (Fsp3) is 0.455. The van der Waals surface area contributed by atoms with Crippen LogP contribution in [0.1, 0.15) is 30.6 Å². The molecule has 1 amide bonds. The summed E-state index contributed by atoms with van der Waals surface area (Å²) in [5.74, 6) is -0.197. The number of halogens is 2. The summed E-state index contributed by atoms with van der Waals surface area (Å²) in [4.78, 5) is 15.6. The highest BCUT2D eigenvalue weighted by molar-refractivity contribution is 6.33. The van der Waals surface area contributed by atoms with Crippen LogP contribution in [0.2, 0.25) is 5.02 Å². The topological polar surface area (TPSA) is 42.0 Å². The van der Waals surface area contributed by atoms with E-state index < -0.39 is 0 Å². The molecule has 88 valence electrons. The van der Waals surface area contributed by atoms with Crippen molar-refractivity contribution < 1.29 is 4.79 Å². The van der Waals surface area contributed by atoms with Gasteiger partial charge >= 0.3 is 0 Å². The normalized spacial score (nSPS) is 14.2. The molecule has 0 aliphatic carbocycles. The van der Waals surface area contributed by atoms with E-state index in [-0.39, 0.29) is 17.3 Å². The van der Waals surface area contributed by atoms with Crippen LogP contribution in [-0.2, 0) is 0 Å². The summed E-state index contributed by atoms with van der Waals surface area (Å²) in [7, 11) is 0. The molecule has 1 heterocycles. The summed E-state index contributed by atoms with van der Waals surface area (Å²) >= 11 is 11.7. The zero-order valence-corrected chi connectivity index (χ0v) is 10.7. The Bertz CT molecular complexity index is 369. The van der Waals surface area contributed by atoms with Gasteiger partial charge in [-0.1, -0.05) is 11.6 Å². The molecule has 1 aromatic rings. The minimum Gasteiger partial charge on any atom is -0.349 e. The fourth-order valence-electron chi connectivity index (χ4n) is 1.41. The number of nitrogens with zero attached hydrogens (tertiary/aromatic N) is 1. The van der Waals surface area contributed by atoms with Gasteiger partial charge in [0.1, 0.15) is 0 Å². The van der Waals surface area contributed by atoms with Crippen LogP contribution in [0, 0.1) is 0 Å². The summed E-state index contributed by atoms with van der Waals surface area (Å²) in [5.41, 5.74) is 0.436. The third-order valence-electron chi connectivity index (χ3n) is 2.07. The van der Waals surface area contributed by atoms with Gasteiger partial charge in [-0.05, 0) is 26.3 Å². The largest absolute Gasteiger partial charge is 0.349 e. The van der Waals surface area contributed by atoms with E-state index in [4.69, 9.17) is 23.2 Å². The second kappa shape index (κ2) is 6.06. The lowest BCUT2D eigenvalue weighted by Crippen LogP contribution is -2.34. The Morgan fingerprint density at radius 1 is 1.56 bits per heavy atom. The second-order valence-corrected chi connectivity index (χ2v) is 4.90. The van der Waals surface area contributed by atoms with Crippen LogP contribution in [0.25, 0.3) is 0 Å². The first-order valence-electron chi connectivity index (χ1n) is 5.05. The summed E-state index contributed by atoms with van der Waals surface area (Å²) in [6, 6.07) is 1.61. The number of carbonyl (C=O) groups excluding carboxylic acids is 1. The maximum absolute atomic E-state index is 11.8. The van der Waals surface area contributed by atoms with Crippen LogP contribution in [-0.4, -0.2) is 22.3 Å². The van der Waals surface area contributed by atoms with Gasteiger partial charge in [-0.3, -0.25) is 9.78 Å². The Hall–Kier alpha value is -0.800. The number of aromatic nitrogens is 1. The predicted octanol–water partition coefficient (Wildman–Crippen LogP) is 2.87. The maximum atomic E-state index is 11.8. The molecule has 16 heavy (non-hydrogen) atoms. The zero-order chi connectivity index (χ0) is 12.1. The van der Waals surface area contributed by atoms with E-state index in [0.717, 1.165) is 6.42 Å². The number of nitrogens with one attached hydrogen (secondary N) is 1. The molecular weight excluding hydrogens is 247 g/mol. The molecule has 1 aromatic heterocycles. The smallest absolute Gasteiger partial charge is 0.253 e. The standard InChI is InChI=1S/C11H14Cl2N2O/c1-7(12)5-8(2)15-11(16)9-3-4-14-6-10(9)13/h3-4,6-8H,5H2,1-2H3,(H,15,16). The molecular formula is C11H14Cl2N2O. The molecule has 5 heteroatoms. The van der Waals surface area contributed by atoms with Gasteiger partial charge in [0.15, 0.2) is 0 Å². The zero-order valence-electron chi connectivity index (χ0n) is 9.21. The average molecular weight is 261 g/mol. The molecule has 0 saturated carbocycles. The average Bonchev–Trinajstić information content (AvgIpc) is 2.16. The predicted molar refractivity (Wildman–Crippen MR) is 66.1 cm³/mol. The Labute approximate surface area is 105 Å². The van der Waals surface area contributed by atoms with E-state index in [1.807, 2.05) is 13.8 Å². The van der Waals surface area contributed by atoms with Crippen molar-refractivity contribution in [3.8, 4) is 0 Å². The summed E-state index contributed by atoms with van der Waals surface area (Å²) in [6.45, 7) is 3.80. The van der Waals surface area contributed by atoms with E-state index in [1.165, 1.54) is 12.4 Å². The molecule has 0 aliphatic rings. The van der Waals surface area contributed by atoms with Crippen molar-refractivity contribution in [2.45, 2.75) is 31.7 Å². The van der Waals surface area contributed by atoms with Crippen molar-refractivity contribution in [1.29, 1.82) is 0 Å². The maximum Gasteiger partial charge on any atom is 0.253 e. The van der Waals surface area contributed by atoms with Gasteiger partial charge in [0.25, 0.3) is 5.91 Å². The van der Waals surface area contributed by atoms with Crippen molar-refractivity contribution >= 4 is 29.1 Å².